The van der Waals surface area contributed by atoms with Crippen molar-refractivity contribution in [2.75, 3.05) is 17.2 Å². The number of rotatable bonds is 5. The number of carbonyl (C=O) groups excluding carboxylic acids is 3. The summed E-state index contributed by atoms with van der Waals surface area (Å²) in [4.78, 5) is 48.1. The second kappa shape index (κ2) is 10.9. The molecule has 5 rings (SSSR count). The van der Waals surface area contributed by atoms with Gasteiger partial charge >= 0.3 is 6.09 Å². The highest BCUT2D eigenvalue weighted by atomic mass is 19.1. The van der Waals surface area contributed by atoms with Gasteiger partial charge in [0.15, 0.2) is 5.78 Å². The van der Waals surface area contributed by atoms with Gasteiger partial charge in [0.1, 0.15) is 17.2 Å². The third-order valence-corrected chi connectivity index (χ3v) is 6.46. The Kier molecular flexibility index (Phi) is 7.32. The molecular weight excluding hydrogens is 525 g/mol. The molecule has 2 aromatic carbocycles. The number of benzene rings is 2. The molecular formula is C31H30FN5O4. The molecule has 2 amide bonds. The van der Waals surface area contributed by atoms with E-state index in [2.05, 4.69) is 20.6 Å². The van der Waals surface area contributed by atoms with Crippen molar-refractivity contribution in [1.29, 1.82) is 0 Å². The van der Waals surface area contributed by atoms with Crippen LogP contribution in [0, 0.1) is 12.7 Å². The number of fused-ring (bicyclic) bond motifs is 1. The summed E-state index contributed by atoms with van der Waals surface area (Å²) in [6.45, 7) is 7.00. The molecule has 210 valence electrons. The summed E-state index contributed by atoms with van der Waals surface area (Å²) < 4.78 is 19.0. The summed E-state index contributed by atoms with van der Waals surface area (Å²) in [7, 11) is 0. The van der Waals surface area contributed by atoms with E-state index in [4.69, 9.17) is 4.74 Å². The highest BCUT2D eigenvalue weighted by molar-refractivity contribution is 6.09. The monoisotopic (exact) mass is 555 g/mol. The standard InChI is InChI=1S/C31H30FN5O4/c1-18-14-20(32)10-11-22(18)29(39)36-25-15-19(12-13-33-25)27-28(34-21-8-6-5-7-9-21)26-23(35-27)16-37(17-24(26)38)30(40)41-31(2,3)4/h5-15,34-35H,16-17H2,1-4H3,(H,33,36,39). The van der Waals surface area contributed by atoms with Gasteiger partial charge in [-0.2, -0.15) is 0 Å². The van der Waals surface area contributed by atoms with E-state index in [1.165, 1.54) is 23.1 Å². The lowest BCUT2D eigenvalue weighted by Gasteiger charge is -2.29. The number of aryl methyl sites for hydroxylation is 1. The SMILES string of the molecule is Cc1cc(F)ccc1C(=O)Nc1cc(-c2[nH]c3c(c2Nc2ccccc2)C(=O)CN(C(=O)OC(C)(C)C)C3)ccn1. The minimum absolute atomic E-state index is 0.128. The van der Waals surface area contributed by atoms with Gasteiger partial charge in [0.05, 0.1) is 30.0 Å². The van der Waals surface area contributed by atoms with E-state index in [1.807, 2.05) is 30.3 Å². The number of para-hydroxylation sites is 1. The molecule has 0 atom stereocenters. The van der Waals surface area contributed by atoms with Gasteiger partial charge in [0.25, 0.3) is 5.91 Å². The predicted octanol–water partition coefficient (Wildman–Crippen LogP) is 6.45. The van der Waals surface area contributed by atoms with Crippen LogP contribution >= 0.6 is 0 Å². The summed E-state index contributed by atoms with van der Waals surface area (Å²) in [5, 5.41) is 6.13. The van der Waals surface area contributed by atoms with Crippen LogP contribution in [0.2, 0.25) is 0 Å². The average molecular weight is 556 g/mol. The first-order valence-electron chi connectivity index (χ1n) is 13.1. The van der Waals surface area contributed by atoms with Crippen LogP contribution in [0.4, 0.5) is 26.4 Å². The Bertz CT molecular complexity index is 1640. The van der Waals surface area contributed by atoms with Gasteiger partial charge in [-0.25, -0.2) is 14.2 Å². The normalized spacial score (nSPS) is 13.0. The van der Waals surface area contributed by atoms with Crippen molar-refractivity contribution in [2.24, 2.45) is 0 Å². The number of anilines is 3. The number of hydrogen-bond acceptors (Lipinski definition) is 6. The van der Waals surface area contributed by atoms with Crippen LogP contribution < -0.4 is 10.6 Å². The fourth-order valence-electron chi connectivity index (χ4n) is 4.66. The van der Waals surface area contributed by atoms with Crippen LogP contribution in [0.25, 0.3) is 11.3 Å². The van der Waals surface area contributed by atoms with E-state index in [-0.39, 0.29) is 24.7 Å². The Balaban J connectivity index is 1.51. The number of Topliss-reactive ketones (excluding diaryl/α,β-unsaturated/α-hetero) is 1. The molecule has 0 unspecified atom stereocenters. The number of nitrogens with zero attached hydrogens (tertiary/aromatic N) is 2. The van der Waals surface area contributed by atoms with E-state index >= 15 is 0 Å². The summed E-state index contributed by atoms with van der Waals surface area (Å²) in [5.74, 6) is -0.819. The number of H-pyrrole nitrogens is 1. The fourth-order valence-corrected chi connectivity index (χ4v) is 4.66. The van der Waals surface area contributed by atoms with Crippen LogP contribution in [-0.4, -0.2) is 44.8 Å². The molecule has 9 nitrogen and oxygen atoms in total. The van der Waals surface area contributed by atoms with Crippen LogP contribution in [0.1, 0.15) is 52.7 Å². The smallest absolute Gasteiger partial charge is 0.411 e. The molecule has 0 saturated heterocycles. The molecule has 1 aliphatic rings. The summed E-state index contributed by atoms with van der Waals surface area (Å²) >= 11 is 0. The van der Waals surface area contributed by atoms with E-state index in [9.17, 15) is 18.8 Å². The molecule has 0 spiro atoms. The number of ketones is 1. The largest absolute Gasteiger partial charge is 0.444 e. The maximum atomic E-state index is 13.5. The van der Waals surface area contributed by atoms with E-state index in [0.717, 1.165) is 5.69 Å². The number of aromatic nitrogens is 2. The Hall–Kier alpha value is -4.99. The highest BCUT2D eigenvalue weighted by Gasteiger charge is 2.34. The maximum Gasteiger partial charge on any atom is 0.411 e. The van der Waals surface area contributed by atoms with Gasteiger partial charge in [-0.3, -0.25) is 14.5 Å². The van der Waals surface area contributed by atoms with Crippen molar-refractivity contribution in [3.8, 4) is 11.3 Å². The highest BCUT2D eigenvalue weighted by Crippen LogP contribution is 2.38. The van der Waals surface area contributed by atoms with E-state index in [1.54, 1.807) is 46.0 Å². The fraction of sp³-hybridized carbons (Fsp3) is 0.226. The Morgan fingerprint density at radius 3 is 2.51 bits per heavy atom. The second-order valence-electron chi connectivity index (χ2n) is 10.8. The number of pyridine rings is 1. The minimum Gasteiger partial charge on any atom is -0.444 e. The second-order valence-corrected chi connectivity index (χ2v) is 10.8. The summed E-state index contributed by atoms with van der Waals surface area (Å²) in [6.07, 6.45) is 0.971. The molecule has 4 aromatic rings. The minimum atomic E-state index is -0.703. The molecule has 0 bridgehead atoms. The van der Waals surface area contributed by atoms with Gasteiger partial charge in [0, 0.05) is 28.7 Å². The number of carbonyl (C=O) groups is 3. The van der Waals surface area contributed by atoms with Crippen molar-refractivity contribution in [2.45, 2.75) is 39.8 Å². The molecule has 0 fully saturated rings. The molecule has 0 aliphatic carbocycles. The van der Waals surface area contributed by atoms with Gasteiger partial charge in [-0.05, 0) is 75.7 Å². The maximum absolute atomic E-state index is 13.5. The molecule has 41 heavy (non-hydrogen) atoms. The van der Waals surface area contributed by atoms with Crippen LogP contribution in [-0.2, 0) is 11.3 Å². The Labute approximate surface area is 236 Å². The molecule has 10 heteroatoms. The van der Waals surface area contributed by atoms with Crippen LogP contribution in [0.15, 0.2) is 66.9 Å². The quantitative estimate of drug-likeness (QED) is 0.261. The zero-order valence-corrected chi connectivity index (χ0v) is 23.2. The molecule has 3 N–H and O–H groups in total. The van der Waals surface area contributed by atoms with Gasteiger partial charge < -0.3 is 20.4 Å². The van der Waals surface area contributed by atoms with Crippen molar-refractivity contribution in [1.82, 2.24) is 14.9 Å². The summed E-state index contributed by atoms with van der Waals surface area (Å²) in [5.41, 5.74) is 3.70. The predicted molar refractivity (Wildman–Crippen MR) is 154 cm³/mol. The first kappa shape index (κ1) is 27.6. The zero-order valence-electron chi connectivity index (χ0n) is 23.2. The van der Waals surface area contributed by atoms with E-state index in [0.29, 0.717) is 39.3 Å². The molecule has 0 radical (unpaired) electrons. The van der Waals surface area contributed by atoms with Gasteiger partial charge in [-0.1, -0.05) is 18.2 Å². The molecule has 3 heterocycles. The summed E-state index contributed by atoms with van der Waals surface area (Å²) in [6, 6.07) is 16.8. The lowest BCUT2D eigenvalue weighted by molar-refractivity contribution is 0.0218. The number of ether oxygens (including phenoxy) is 1. The third-order valence-electron chi connectivity index (χ3n) is 6.46. The first-order chi connectivity index (χ1) is 19.5. The van der Waals surface area contributed by atoms with Crippen molar-refractivity contribution >= 4 is 35.0 Å². The van der Waals surface area contributed by atoms with Crippen LogP contribution in [0.5, 0.6) is 0 Å². The Morgan fingerprint density at radius 1 is 1.05 bits per heavy atom. The third kappa shape index (κ3) is 6.11. The number of halogens is 1. The molecule has 1 aliphatic heterocycles. The first-order valence-corrected chi connectivity index (χ1v) is 13.1. The number of hydrogen-bond donors (Lipinski definition) is 3. The van der Waals surface area contributed by atoms with E-state index < -0.39 is 23.4 Å². The topological polar surface area (TPSA) is 116 Å². The average Bonchev–Trinajstić information content (AvgIpc) is 3.27. The van der Waals surface area contributed by atoms with Crippen molar-refractivity contribution in [3.05, 3.63) is 95.1 Å². The number of amides is 2. The van der Waals surface area contributed by atoms with Crippen molar-refractivity contribution in [3.63, 3.8) is 0 Å². The molecule has 2 aromatic heterocycles. The lowest BCUT2D eigenvalue weighted by Crippen LogP contribution is -2.42. The van der Waals surface area contributed by atoms with Crippen LogP contribution in [0.3, 0.4) is 0 Å². The Morgan fingerprint density at radius 2 is 1.80 bits per heavy atom. The van der Waals surface area contributed by atoms with Gasteiger partial charge in [-0.15, -0.1) is 0 Å². The van der Waals surface area contributed by atoms with Gasteiger partial charge in [0.2, 0.25) is 0 Å². The zero-order chi connectivity index (χ0) is 29.3. The molecule has 0 saturated carbocycles. The lowest BCUT2D eigenvalue weighted by atomic mass is 10.0. The number of nitrogens with one attached hydrogen (secondary N) is 3. The number of aromatic amines is 1. The van der Waals surface area contributed by atoms with Crippen molar-refractivity contribution < 1.29 is 23.5 Å².